The lowest BCUT2D eigenvalue weighted by Crippen LogP contribution is -2.38. The summed E-state index contributed by atoms with van der Waals surface area (Å²) < 4.78 is 21.6. The quantitative estimate of drug-likeness (QED) is 0.247. The molecule has 0 atom stereocenters. The maximum absolute atomic E-state index is 12.8. The molecule has 0 aliphatic carbocycles. The first kappa shape index (κ1) is 26.8. The van der Waals surface area contributed by atoms with E-state index in [1.807, 2.05) is 0 Å². The Balaban J connectivity index is 1.42. The number of furan rings is 1. The lowest BCUT2D eigenvalue weighted by Gasteiger charge is -2.12. The number of nitrogens with one attached hydrogen (secondary N) is 2. The number of benzene rings is 2. The third kappa shape index (κ3) is 6.55. The summed E-state index contributed by atoms with van der Waals surface area (Å²) in [7, 11) is 1.53. The SMILES string of the molecule is CCOc1cc(C=C2NC(=O)N(CC(=O)Nc3ccc(OC)cc3)C2=O)ccc1OCc1ccc(C(=O)O)o1. The molecule has 1 saturated heterocycles. The van der Waals surface area contributed by atoms with E-state index in [9.17, 15) is 19.2 Å². The van der Waals surface area contributed by atoms with Crippen molar-refractivity contribution < 1.29 is 42.9 Å². The van der Waals surface area contributed by atoms with Gasteiger partial charge < -0.3 is 34.4 Å². The Bertz CT molecular complexity index is 1430. The molecule has 1 fully saturated rings. The first-order valence-electron chi connectivity index (χ1n) is 11.8. The third-order valence-corrected chi connectivity index (χ3v) is 5.46. The number of nitrogens with zero attached hydrogens (tertiary/aromatic N) is 1. The molecule has 1 aliphatic heterocycles. The van der Waals surface area contributed by atoms with Crippen molar-refractivity contribution in [2.45, 2.75) is 13.5 Å². The lowest BCUT2D eigenvalue weighted by atomic mass is 10.1. The van der Waals surface area contributed by atoms with E-state index in [0.29, 0.717) is 40.9 Å². The fourth-order valence-electron chi connectivity index (χ4n) is 3.62. The van der Waals surface area contributed by atoms with Crippen molar-refractivity contribution >= 4 is 35.6 Å². The van der Waals surface area contributed by atoms with Gasteiger partial charge >= 0.3 is 12.0 Å². The molecule has 3 N–H and O–H groups in total. The van der Waals surface area contributed by atoms with Crippen molar-refractivity contribution in [2.75, 3.05) is 25.6 Å². The number of imide groups is 1. The summed E-state index contributed by atoms with van der Waals surface area (Å²) in [5, 5.41) is 14.1. The molecule has 39 heavy (non-hydrogen) atoms. The van der Waals surface area contributed by atoms with Crippen LogP contribution in [0.1, 0.15) is 28.8 Å². The number of amides is 4. The van der Waals surface area contributed by atoms with E-state index in [1.165, 1.54) is 25.3 Å². The molecule has 0 saturated carbocycles. The molecule has 2 aromatic carbocycles. The summed E-state index contributed by atoms with van der Waals surface area (Å²) in [6.45, 7) is 1.61. The Hall–Kier alpha value is -5.26. The molecule has 4 rings (SSSR count). The van der Waals surface area contributed by atoms with Gasteiger partial charge in [-0.1, -0.05) is 6.07 Å². The molecule has 3 aromatic rings. The lowest BCUT2D eigenvalue weighted by molar-refractivity contribution is -0.127. The van der Waals surface area contributed by atoms with Gasteiger partial charge in [0.2, 0.25) is 11.7 Å². The van der Waals surface area contributed by atoms with Crippen LogP contribution >= 0.6 is 0 Å². The maximum atomic E-state index is 12.8. The molecule has 2 heterocycles. The maximum Gasteiger partial charge on any atom is 0.371 e. The zero-order chi connectivity index (χ0) is 27.9. The Morgan fingerprint density at radius 3 is 2.49 bits per heavy atom. The molecule has 1 aromatic heterocycles. The van der Waals surface area contributed by atoms with E-state index < -0.39 is 30.4 Å². The molecule has 1 aliphatic rings. The van der Waals surface area contributed by atoms with Gasteiger partial charge in [0, 0.05) is 5.69 Å². The highest BCUT2D eigenvalue weighted by atomic mass is 16.5. The van der Waals surface area contributed by atoms with Gasteiger partial charge in [-0.25, -0.2) is 14.5 Å². The predicted molar refractivity (Wildman–Crippen MR) is 137 cm³/mol. The highest BCUT2D eigenvalue weighted by Gasteiger charge is 2.35. The van der Waals surface area contributed by atoms with Gasteiger partial charge in [0.25, 0.3) is 5.91 Å². The standard InChI is InChI=1S/C27H25N3O9/c1-3-37-23-13-16(4-10-21(23)38-15-19-9-11-22(39-19)26(33)34)12-20-25(32)30(27(35)29-20)14-24(31)28-17-5-7-18(36-2)8-6-17/h4-13H,3,14-15H2,1-2H3,(H,28,31)(H,29,35)(H,33,34). The number of ether oxygens (including phenoxy) is 3. The second-order valence-corrected chi connectivity index (χ2v) is 8.16. The van der Waals surface area contributed by atoms with E-state index in [4.69, 9.17) is 23.7 Å². The van der Waals surface area contributed by atoms with Crippen LogP contribution in [-0.4, -0.2) is 54.1 Å². The smallest absolute Gasteiger partial charge is 0.371 e. The fraction of sp³-hybridized carbons (Fsp3) is 0.185. The van der Waals surface area contributed by atoms with Gasteiger partial charge in [0.15, 0.2) is 11.5 Å². The van der Waals surface area contributed by atoms with Crippen LogP contribution in [0.15, 0.2) is 64.7 Å². The Labute approximate surface area is 222 Å². The average Bonchev–Trinajstić information content (AvgIpc) is 3.50. The summed E-state index contributed by atoms with van der Waals surface area (Å²) >= 11 is 0. The minimum atomic E-state index is -1.18. The minimum Gasteiger partial charge on any atom is -0.497 e. The molecule has 202 valence electrons. The second-order valence-electron chi connectivity index (χ2n) is 8.16. The van der Waals surface area contributed by atoms with E-state index in [0.717, 1.165) is 4.90 Å². The van der Waals surface area contributed by atoms with Gasteiger partial charge in [0.1, 0.15) is 30.4 Å². The van der Waals surface area contributed by atoms with Gasteiger partial charge in [-0.2, -0.15) is 0 Å². The zero-order valence-electron chi connectivity index (χ0n) is 21.1. The summed E-state index contributed by atoms with van der Waals surface area (Å²) in [6, 6.07) is 13.6. The highest BCUT2D eigenvalue weighted by molar-refractivity contribution is 6.16. The van der Waals surface area contributed by atoms with Gasteiger partial charge in [-0.3, -0.25) is 9.59 Å². The van der Waals surface area contributed by atoms with Crippen molar-refractivity contribution in [3.63, 3.8) is 0 Å². The molecule has 12 nitrogen and oxygen atoms in total. The van der Waals surface area contributed by atoms with E-state index >= 15 is 0 Å². The fourth-order valence-corrected chi connectivity index (χ4v) is 3.62. The number of hydrogen-bond donors (Lipinski definition) is 3. The summed E-state index contributed by atoms with van der Waals surface area (Å²) in [6.07, 6.45) is 1.46. The normalized spacial score (nSPS) is 13.8. The molecule has 0 radical (unpaired) electrons. The van der Waals surface area contributed by atoms with Crippen LogP contribution in [0.5, 0.6) is 17.2 Å². The van der Waals surface area contributed by atoms with Crippen LogP contribution in [-0.2, 0) is 16.2 Å². The number of anilines is 1. The third-order valence-electron chi connectivity index (χ3n) is 5.46. The van der Waals surface area contributed by atoms with E-state index in [-0.39, 0.29) is 18.1 Å². The number of carbonyl (C=O) groups excluding carboxylic acids is 3. The average molecular weight is 536 g/mol. The molecule has 0 bridgehead atoms. The summed E-state index contributed by atoms with van der Waals surface area (Å²) in [4.78, 5) is 49.5. The van der Waals surface area contributed by atoms with Crippen molar-refractivity contribution in [3.05, 3.63) is 77.4 Å². The number of hydrogen-bond acceptors (Lipinski definition) is 8. The molecular formula is C27H25N3O9. The van der Waals surface area contributed by atoms with Crippen LogP contribution in [0.3, 0.4) is 0 Å². The first-order chi connectivity index (χ1) is 18.8. The van der Waals surface area contributed by atoms with Crippen molar-refractivity contribution in [1.29, 1.82) is 0 Å². The van der Waals surface area contributed by atoms with E-state index in [1.54, 1.807) is 49.4 Å². The van der Waals surface area contributed by atoms with Crippen LogP contribution in [0, 0.1) is 0 Å². The molecule has 4 amide bonds. The number of carbonyl (C=O) groups is 4. The minimum absolute atomic E-state index is 0.00912. The number of carboxylic acid groups (broad SMARTS) is 1. The number of carboxylic acids is 1. The largest absolute Gasteiger partial charge is 0.497 e. The van der Waals surface area contributed by atoms with Crippen LogP contribution < -0.4 is 24.8 Å². The number of urea groups is 1. The molecular weight excluding hydrogens is 510 g/mol. The monoisotopic (exact) mass is 535 g/mol. The van der Waals surface area contributed by atoms with Crippen LogP contribution in [0.25, 0.3) is 6.08 Å². The van der Waals surface area contributed by atoms with Crippen LogP contribution in [0.2, 0.25) is 0 Å². The topological polar surface area (TPSA) is 157 Å². The molecule has 0 spiro atoms. The van der Waals surface area contributed by atoms with Gasteiger partial charge in [0.05, 0.1) is 13.7 Å². The first-order valence-corrected chi connectivity index (χ1v) is 11.8. The second kappa shape index (κ2) is 11.9. The van der Waals surface area contributed by atoms with Crippen molar-refractivity contribution in [3.8, 4) is 17.2 Å². The number of aromatic carboxylic acids is 1. The van der Waals surface area contributed by atoms with E-state index in [2.05, 4.69) is 10.6 Å². The Kier molecular flexibility index (Phi) is 8.15. The predicted octanol–water partition coefficient (Wildman–Crippen LogP) is 3.50. The van der Waals surface area contributed by atoms with Crippen LogP contribution in [0.4, 0.5) is 10.5 Å². The number of methoxy groups -OCH3 is 1. The van der Waals surface area contributed by atoms with Crippen molar-refractivity contribution in [1.82, 2.24) is 10.2 Å². The molecule has 12 heteroatoms. The molecule has 0 unspecified atom stereocenters. The van der Waals surface area contributed by atoms with Crippen molar-refractivity contribution in [2.24, 2.45) is 0 Å². The van der Waals surface area contributed by atoms with Gasteiger partial charge in [-0.15, -0.1) is 0 Å². The highest BCUT2D eigenvalue weighted by Crippen LogP contribution is 2.30. The summed E-state index contributed by atoms with van der Waals surface area (Å²) in [5.41, 5.74) is 1.01. The number of rotatable bonds is 11. The van der Waals surface area contributed by atoms with Gasteiger partial charge in [-0.05, 0) is 67.1 Å². The Morgan fingerprint density at radius 2 is 1.82 bits per heavy atom. The Morgan fingerprint density at radius 1 is 1.05 bits per heavy atom. The summed E-state index contributed by atoms with van der Waals surface area (Å²) in [5.74, 6) is -0.912. The zero-order valence-corrected chi connectivity index (χ0v) is 21.1.